The summed E-state index contributed by atoms with van der Waals surface area (Å²) in [7, 11) is 0. The fourth-order valence-electron chi connectivity index (χ4n) is 1.48. The first-order chi connectivity index (χ1) is 7.50. The molecular weight excluding hydrogens is 279 g/mol. The normalized spacial score (nSPS) is 13.0. The zero-order valence-corrected chi connectivity index (χ0v) is 9.92. The lowest BCUT2D eigenvalue weighted by Crippen LogP contribution is -2.05. The van der Waals surface area contributed by atoms with E-state index in [1.807, 2.05) is 0 Å². The van der Waals surface area contributed by atoms with Crippen LogP contribution < -0.4 is 5.63 Å². The molecule has 0 saturated carbocycles. The van der Waals surface area contributed by atoms with Crippen LogP contribution in [-0.4, -0.2) is 5.11 Å². The van der Waals surface area contributed by atoms with Crippen molar-refractivity contribution in [1.82, 2.24) is 0 Å². The van der Waals surface area contributed by atoms with Gasteiger partial charge in [0.25, 0.3) is 0 Å². The van der Waals surface area contributed by atoms with Gasteiger partial charge in [-0.1, -0.05) is 0 Å². The molecule has 0 aliphatic heterocycles. The van der Waals surface area contributed by atoms with Crippen molar-refractivity contribution in [3.63, 3.8) is 0 Å². The molecule has 0 spiro atoms. The second kappa shape index (κ2) is 3.99. The largest absolute Gasteiger partial charge is 0.423 e. The summed E-state index contributed by atoms with van der Waals surface area (Å²) >= 11 is 3.19. The van der Waals surface area contributed by atoms with Crippen LogP contribution in [0.1, 0.15) is 18.8 Å². The lowest BCUT2D eigenvalue weighted by molar-refractivity contribution is 0.163. The quantitative estimate of drug-likeness (QED) is 0.877. The summed E-state index contributed by atoms with van der Waals surface area (Å²) in [4.78, 5) is 11.5. The molecule has 1 unspecified atom stereocenters. The highest BCUT2D eigenvalue weighted by Crippen LogP contribution is 2.29. The SMILES string of the molecule is CC(O)c1oc(=O)c2ccc(F)cc2c1Br. The van der Waals surface area contributed by atoms with Crippen LogP contribution in [0.3, 0.4) is 0 Å². The summed E-state index contributed by atoms with van der Waals surface area (Å²) in [5, 5.41) is 10.1. The zero-order valence-electron chi connectivity index (χ0n) is 8.33. The smallest absolute Gasteiger partial charge is 0.343 e. The lowest BCUT2D eigenvalue weighted by atomic mass is 10.1. The summed E-state index contributed by atoms with van der Waals surface area (Å²) in [6.45, 7) is 1.47. The van der Waals surface area contributed by atoms with Gasteiger partial charge < -0.3 is 9.52 Å². The average Bonchev–Trinajstić information content (AvgIpc) is 2.22. The van der Waals surface area contributed by atoms with Crippen LogP contribution in [0, 0.1) is 5.82 Å². The molecule has 2 aromatic rings. The number of rotatable bonds is 1. The van der Waals surface area contributed by atoms with Crippen molar-refractivity contribution in [3.8, 4) is 0 Å². The van der Waals surface area contributed by atoms with Crippen molar-refractivity contribution in [2.75, 3.05) is 0 Å². The Morgan fingerprint density at radius 1 is 1.44 bits per heavy atom. The van der Waals surface area contributed by atoms with Gasteiger partial charge in [0.05, 0.1) is 9.86 Å². The molecule has 0 fully saturated rings. The second-order valence-corrected chi connectivity index (χ2v) is 4.23. The van der Waals surface area contributed by atoms with E-state index in [0.29, 0.717) is 9.86 Å². The number of benzene rings is 1. The highest BCUT2D eigenvalue weighted by molar-refractivity contribution is 9.10. The minimum atomic E-state index is -0.935. The third-order valence-electron chi connectivity index (χ3n) is 2.24. The van der Waals surface area contributed by atoms with Gasteiger partial charge in [0.2, 0.25) is 0 Å². The van der Waals surface area contributed by atoms with Gasteiger partial charge >= 0.3 is 5.63 Å². The number of aliphatic hydroxyl groups is 1. The predicted octanol–water partition coefficient (Wildman–Crippen LogP) is 2.75. The van der Waals surface area contributed by atoms with Crippen molar-refractivity contribution in [3.05, 3.63) is 44.7 Å². The molecule has 3 nitrogen and oxygen atoms in total. The molecule has 1 heterocycles. The molecule has 5 heteroatoms. The Morgan fingerprint density at radius 2 is 2.12 bits per heavy atom. The second-order valence-electron chi connectivity index (χ2n) is 3.43. The summed E-state index contributed by atoms with van der Waals surface area (Å²) in [6, 6.07) is 3.77. The lowest BCUT2D eigenvalue weighted by Gasteiger charge is -2.08. The van der Waals surface area contributed by atoms with E-state index in [1.165, 1.54) is 25.1 Å². The molecule has 16 heavy (non-hydrogen) atoms. The average molecular weight is 287 g/mol. The van der Waals surface area contributed by atoms with E-state index < -0.39 is 17.5 Å². The summed E-state index contributed by atoms with van der Waals surface area (Å²) in [5.74, 6) is -0.349. The fraction of sp³-hybridized carbons (Fsp3) is 0.182. The van der Waals surface area contributed by atoms with Crippen molar-refractivity contribution in [2.24, 2.45) is 0 Å². The third-order valence-corrected chi connectivity index (χ3v) is 3.05. The first-order valence-electron chi connectivity index (χ1n) is 4.60. The molecule has 1 aromatic carbocycles. The van der Waals surface area contributed by atoms with Gasteiger partial charge in [-0.2, -0.15) is 0 Å². The molecule has 0 amide bonds. The molecule has 0 bridgehead atoms. The minimum Gasteiger partial charge on any atom is -0.423 e. The first kappa shape index (κ1) is 11.3. The van der Waals surface area contributed by atoms with Crippen molar-refractivity contribution < 1.29 is 13.9 Å². The van der Waals surface area contributed by atoms with Crippen LogP contribution in [0.5, 0.6) is 0 Å². The maximum absolute atomic E-state index is 13.1. The molecule has 1 atom stereocenters. The summed E-state index contributed by atoms with van der Waals surface area (Å²) < 4.78 is 18.4. The first-order valence-corrected chi connectivity index (χ1v) is 5.40. The monoisotopic (exact) mass is 286 g/mol. The molecule has 0 saturated heterocycles. The highest BCUT2D eigenvalue weighted by Gasteiger charge is 2.15. The van der Waals surface area contributed by atoms with Gasteiger partial charge in [0.15, 0.2) is 5.76 Å². The highest BCUT2D eigenvalue weighted by atomic mass is 79.9. The van der Waals surface area contributed by atoms with Gasteiger partial charge in [0.1, 0.15) is 11.9 Å². The topological polar surface area (TPSA) is 50.4 Å². The van der Waals surface area contributed by atoms with Crippen molar-refractivity contribution >= 4 is 26.7 Å². The Bertz CT molecular complexity index is 604. The van der Waals surface area contributed by atoms with Crippen LogP contribution in [0.4, 0.5) is 4.39 Å². The van der Waals surface area contributed by atoms with Gasteiger partial charge in [-0.05, 0) is 41.1 Å². The van der Waals surface area contributed by atoms with Crippen LogP contribution in [0.25, 0.3) is 10.8 Å². The Hall–Kier alpha value is -1.20. The van der Waals surface area contributed by atoms with E-state index in [-0.39, 0.29) is 11.1 Å². The van der Waals surface area contributed by atoms with E-state index in [9.17, 15) is 14.3 Å². The Labute approximate surface area is 98.6 Å². The van der Waals surface area contributed by atoms with Crippen molar-refractivity contribution in [1.29, 1.82) is 0 Å². The molecule has 2 rings (SSSR count). The third kappa shape index (κ3) is 1.76. The van der Waals surface area contributed by atoms with E-state index in [2.05, 4.69) is 15.9 Å². The van der Waals surface area contributed by atoms with Gasteiger partial charge in [-0.3, -0.25) is 0 Å². The van der Waals surface area contributed by atoms with Crippen LogP contribution in [0.15, 0.2) is 31.9 Å². The molecule has 1 N–H and O–H groups in total. The van der Waals surface area contributed by atoms with Gasteiger partial charge in [-0.15, -0.1) is 0 Å². The predicted molar refractivity (Wildman–Crippen MR) is 60.8 cm³/mol. The Morgan fingerprint density at radius 3 is 2.75 bits per heavy atom. The number of halogens is 2. The molecule has 0 aliphatic carbocycles. The number of hydrogen-bond donors (Lipinski definition) is 1. The number of hydrogen-bond acceptors (Lipinski definition) is 3. The number of fused-ring (bicyclic) bond motifs is 1. The van der Waals surface area contributed by atoms with Crippen LogP contribution in [-0.2, 0) is 0 Å². The number of aliphatic hydroxyl groups excluding tert-OH is 1. The Balaban J connectivity index is 2.92. The van der Waals surface area contributed by atoms with Crippen LogP contribution in [0.2, 0.25) is 0 Å². The van der Waals surface area contributed by atoms with E-state index in [1.54, 1.807) is 0 Å². The van der Waals surface area contributed by atoms with Crippen LogP contribution >= 0.6 is 15.9 Å². The maximum Gasteiger partial charge on any atom is 0.343 e. The minimum absolute atomic E-state index is 0.100. The van der Waals surface area contributed by atoms with Gasteiger partial charge in [0, 0.05) is 5.39 Å². The fourth-order valence-corrected chi connectivity index (χ4v) is 2.22. The molecular formula is C11H8BrFO3. The van der Waals surface area contributed by atoms with Crippen molar-refractivity contribution in [2.45, 2.75) is 13.0 Å². The summed E-state index contributed by atoms with van der Waals surface area (Å²) in [6.07, 6.45) is -0.935. The molecule has 84 valence electrons. The standard InChI is InChI=1S/C11H8BrFO3/c1-5(14)10-9(12)8-4-6(13)2-3-7(8)11(15)16-10/h2-5,14H,1H3. The molecule has 0 radical (unpaired) electrons. The van der Waals surface area contributed by atoms with Gasteiger partial charge in [-0.25, -0.2) is 9.18 Å². The van der Waals surface area contributed by atoms with E-state index in [0.717, 1.165) is 0 Å². The zero-order chi connectivity index (χ0) is 11.9. The molecule has 0 aliphatic rings. The maximum atomic E-state index is 13.1. The van der Waals surface area contributed by atoms with E-state index >= 15 is 0 Å². The summed E-state index contributed by atoms with van der Waals surface area (Å²) in [5.41, 5.74) is -0.589. The molecule has 1 aromatic heterocycles. The van der Waals surface area contributed by atoms with E-state index in [4.69, 9.17) is 4.42 Å². The Kier molecular flexibility index (Phi) is 2.82.